The van der Waals surface area contributed by atoms with E-state index in [-0.39, 0.29) is 10.8 Å². The molecule has 1 amide bonds. The summed E-state index contributed by atoms with van der Waals surface area (Å²) in [5, 5.41) is 3.62. The molecule has 1 N–H and O–H groups in total. The maximum Gasteiger partial charge on any atom is 0.275 e. The number of thiazole rings is 1. The van der Waals surface area contributed by atoms with Gasteiger partial charge in [0, 0.05) is 24.3 Å². The van der Waals surface area contributed by atoms with Crippen LogP contribution in [0.3, 0.4) is 0 Å². The van der Waals surface area contributed by atoms with Crippen molar-refractivity contribution in [3.8, 4) is 21.0 Å². The molecule has 2 heterocycles. The fraction of sp³-hybridized carbons (Fsp3) is 0.185. The van der Waals surface area contributed by atoms with E-state index < -0.39 is 10.0 Å². The van der Waals surface area contributed by atoms with Gasteiger partial charge in [0.25, 0.3) is 5.91 Å². The predicted octanol–water partition coefficient (Wildman–Crippen LogP) is 5.90. The highest BCUT2D eigenvalue weighted by atomic mass is 32.2. The summed E-state index contributed by atoms with van der Waals surface area (Å²) in [5.41, 5.74) is 2.56. The minimum Gasteiger partial charge on any atom is -0.321 e. The van der Waals surface area contributed by atoms with Crippen LogP contribution in [-0.4, -0.2) is 36.7 Å². The van der Waals surface area contributed by atoms with Gasteiger partial charge in [-0.3, -0.25) is 4.79 Å². The van der Waals surface area contributed by atoms with E-state index in [2.05, 4.69) is 10.3 Å². The molecule has 0 aliphatic carbocycles. The molecule has 6 nitrogen and oxygen atoms in total. The van der Waals surface area contributed by atoms with E-state index in [0.29, 0.717) is 24.5 Å². The highest BCUT2D eigenvalue weighted by molar-refractivity contribution is 7.89. The summed E-state index contributed by atoms with van der Waals surface area (Å²) in [5.74, 6) is -0.380. The van der Waals surface area contributed by atoms with Crippen LogP contribution in [0.5, 0.6) is 0 Å². The molecule has 35 heavy (non-hydrogen) atoms. The van der Waals surface area contributed by atoms with E-state index in [0.717, 1.165) is 40.3 Å². The van der Waals surface area contributed by atoms with Gasteiger partial charge in [-0.25, -0.2) is 13.4 Å². The summed E-state index contributed by atoms with van der Waals surface area (Å²) in [7, 11) is -3.60. The Kier molecular flexibility index (Phi) is 6.77. The standard InChI is InChI=1S/C27H25N3O3S2/c31-26(28-22-15-10-16-23(19-22)35(32,33)30-17-8-3-9-18-30)24-25(20-11-4-1-5-12-20)34-27(29-24)21-13-6-2-7-14-21/h1-2,4-7,10-16,19H,3,8-9,17-18H2,(H,28,31). The molecule has 1 aliphatic rings. The molecule has 1 saturated heterocycles. The van der Waals surface area contributed by atoms with Crippen LogP contribution in [0, 0.1) is 0 Å². The van der Waals surface area contributed by atoms with Gasteiger partial charge in [0.05, 0.1) is 9.77 Å². The molecule has 3 aromatic carbocycles. The number of nitrogens with zero attached hydrogens (tertiary/aromatic N) is 2. The second-order valence-corrected chi connectivity index (χ2v) is 11.3. The number of nitrogens with one attached hydrogen (secondary N) is 1. The Morgan fingerprint density at radius 3 is 2.17 bits per heavy atom. The van der Waals surface area contributed by atoms with Gasteiger partial charge in [-0.1, -0.05) is 73.2 Å². The van der Waals surface area contributed by atoms with Crippen LogP contribution in [0.25, 0.3) is 21.0 Å². The van der Waals surface area contributed by atoms with E-state index in [1.54, 1.807) is 18.2 Å². The Morgan fingerprint density at radius 2 is 1.49 bits per heavy atom. The number of benzene rings is 3. The van der Waals surface area contributed by atoms with Crippen LogP contribution in [0.4, 0.5) is 5.69 Å². The van der Waals surface area contributed by atoms with E-state index in [9.17, 15) is 13.2 Å². The lowest BCUT2D eigenvalue weighted by molar-refractivity contribution is 0.102. The van der Waals surface area contributed by atoms with Crippen LogP contribution in [0.15, 0.2) is 89.8 Å². The lowest BCUT2D eigenvalue weighted by atomic mass is 10.1. The summed E-state index contributed by atoms with van der Waals surface area (Å²) < 4.78 is 27.7. The summed E-state index contributed by atoms with van der Waals surface area (Å²) in [4.78, 5) is 19.0. The third kappa shape index (κ3) is 5.05. The summed E-state index contributed by atoms with van der Waals surface area (Å²) in [6.45, 7) is 1.06. The lowest BCUT2D eigenvalue weighted by Gasteiger charge is -2.26. The third-order valence-corrected chi connectivity index (χ3v) is 8.99. The van der Waals surface area contributed by atoms with E-state index in [1.807, 2.05) is 60.7 Å². The number of sulfonamides is 1. The predicted molar refractivity (Wildman–Crippen MR) is 140 cm³/mol. The highest BCUT2D eigenvalue weighted by Crippen LogP contribution is 2.36. The average Bonchev–Trinajstić information content (AvgIpc) is 3.36. The first-order valence-corrected chi connectivity index (χ1v) is 13.8. The zero-order valence-electron chi connectivity index (χ0n) is 19.1. The topological polar surface area (TPSA) is 79.4 Å². The molecule has 0 unspecified atom stereocenters. The Hall–Kier alpha value is -3.33. The fourth-order valence-corrected chi connectivity index (χ4v) is 6.78. The molecule has 8 heteroatoms. The number of amides is 1. The van der Waals surface area contributed by atoms with Crippen LogP contribution in [0.2, 0.25) is 0 Å². The van der Waals surface area contributed by atoms with Crippen LogP contribution in [-0.2, 0) is 10.0 Å². The van der Waals surface area contributed by atoms with Crippen molar-refractivity contribution < 1.29 is 13.2 Å². The minimum atomic E-state index is -3.60. The van der Waals surface area contributed by atoms with Crippen LogP contribution in [0.1, 0.15) is 29.8 Å². The van der Waals surface area contributed by atoms with E-state index >= 15 is 0 Å². The van der Waals surface area contributed by atoms with Crippen molar-refractivity contribution in [2.45, 2.75) is 24.2 Å². The monoisotopic (exact) mass is 503 g/mol. The molecule has 1 fully saturated rings. The number of aromatic nitrogens is 1. The van der Waals surface area contributed by atoms with E-state index in [1.165, 1.54) is 21.7 Å². The number of rotatable bonds is 6. The molecular weight excluding hydrogens is 478 g/mol. The highest BCUT2D eigenvalue weighted by Gasteiger charge is 2.26. The number of piperidine rings is 1. The van der Waals surface area contributed by atoms with Crippen molar-refractivity contribution >= 4 is 33.0 Å². The number of carbonyl (C=O) groups excluding carboxylic acids is 1. The number of carbonyl (C=O) groups is 1. The van der Waals surface area contributed by atoms with Crippen molar-refractivity contribution in [3.05, 3.63) is 90.6 Å². The Morgan fingerprint density at radius 1 is 0.829 bits per heavy atom. The zero-order chi connectivity index (χ0) is 24.3. The quantitative estimate of drug-likeness (QED) is 0.355. The maximum absolute atomic E-state index is 13.4. The lowest BCUT2D eigenvalue weighted by Crippen LogP contribution is -2.35. The molecule has 0 atom stereocenters. The number of hydrogen-bond acceptors (Lipinski definition) is 5. The van der Waals surface area contributed by atoms with Gasteiger partial charge in [-0.15, -0.1) is 11.3 Å². The molecule has 0 radical (unpaired) electrons. The molecule has 0 bridgehead atoms. The van der Waals surface area contributed by atoms with Gasteiger partial charge in [0.15, 0.2) is 0 Å². The second kappa shape index (κ2) is 10.1. The largest absolute Gasteiger partial charge is 0.321 e. The first-order valence-electron chi connectivity index (χ1n) is 11.6. The molecular formula is C27H25N3O3S2. The van der Waals surface area contributed by atoms with Crippen LogP contribution >= 0.6 is 11.3 Å². The van der Waals surface area contributed by atoms with Crippen molar-refractivity contribution in [1.82, 2.24) is 9.29 Å². The smallest absolute Gasteiger partial charge is 0.275 e. The van der Waals surface area contributed by atoms with Gasteiger partial charge in [-0.2, -0.15) is 4.31 Å². The zero-order valence-corrected chi connectivity index (χ0v) is 20.7. The summed E-state index contributed by atoms with van der Waals surface area (Å²) in [6, 6.07) is 25.9. The second-order valence-electron chi connectivity index (χ2n) is 8.38. The summed E-state index contributed by atoms with van der Waals surface area (Å²) in [6.07, 6.45) is 2.78. The van der Waals surface area contributed by atoms with Gasteiger partial charge in [-0.05, 0) is 36.6 Å². The van der Waals surface area contributed by atoms with Crippen molar-refractivity contribution in [2.24, 2.45) is 0 Å². The average molecular weight is 504 g/mol. The first kappa shape index (κ1) is 23.4. The Labute approximate surface area is 209 Å². The van der Waals surface area contributed by atoms with Gasteiger partial charge in [0.1, 0.15) is 10.7 Å². The SMILES string of the molecule is O=C(Nc1cccc(S(=O)(=O)N2CCCCC2)c1)c1nc(-c2ccccc2)sc1-c1ccccc1. The van der Waals surface area contributed by atoms with Gasteiger partial charge >= 0.3 is 0 Å². The fourth-order valence-electron chi connectivity index (χ4n) is 4.14. The Balaban J connectivity index is 1.46. The van der Waals surface area contributed by atoms with Gasteiger partial charge < -0.3 is 5.32 Å². The Bertz CT molecular complexity index is 1430. The van der Waals surface area contributed by atoms with Gasteiger partial charge in [0.2, 0.25) is 10.0 Å². The summed E-state index contributed by atoms with van der Waals surface area (Å²) >= 11 is 1.46. The normalized spacial score (nSPS) is 14.5. The molecule has 1 aromatic heterocycles. The molecule has 5 rings (SSSR count). The van der Waals surface area contributed by atoms with Crippen molar-refractivity contribution in [2.75, 3.05) is 18.4 Å². The third-order valence-electron chi connectivity index (χ3n) is 5.94. The molecule has 1 aliphatic heterocycles. The maximum atomic E-state index is 13.4. The molecule has 0 saturated carbocycles. The van der Waals surface area contributed by atoms with Crippen molar-refractivity contribution in [3.63, 3.8) is 0 Å². The number of anilines is 1. The molecule has 178 valence electrons. The van der Waals surface area contributed by atoms with E-state index in [4.69, 9.17) is 0 Å². The molecule has 4 aromatic rings. The first-order chi connectivity index (χ1) is 17.0. The molecule has 0 spiro atoms. The minimum absolute atomic E-state index is 0.184. The van der Waals surface area contributed by atoms with Crippen molar-refractivity contribution in [1.29, 1.82) is 0 Å². The number of hydrogen-bond donors (Lipinski definition) is 1. The van der Waals surface area contributed by atoms with Crippen LogP contribution < -0.4 is 5.32 Å².